The zero-order chi connectivity index (χ0) is 12.5. The number of nitrogens with zero attached hydrogens (tertiary/aromatic N) is 2. The van der Waals surface area contributed by atoms with E-state index < -0.39 is 33.4 Å². The largest absolute Gasteiger partial charge is 0.300 e. The Bertz CT molecular complexity index is 465. The molecule has 0 radical (unpaired) electrons. The Hall–Kier alpha value is -1.63. The minimum atomic E-state index is -3.17. The standard InChI is InChI=1S/C8H5ClF2N2O3/c1-3-6(13(15)16)5(8(10)11)4(2-12-3)7(9)14/h2,8H,1H3. The van der Waals surface area contributed by atoms with Crippen molar-refractivity contribution in [3.8, 4) is 0 Å². The van der Waals surface area contributed by atoms with Gasteiger partial charge < -0.3 is 0 Å². The maximum atomic E-state index is 12.6. The monoisotopic (exact) mass is 250 g/mol. The number of nitro groups is 1. The second-order valence-electron chi connectivity index (χ2n) is 2.85. The first-order valence-electron chi connectivity index (χ1n) is 3.98. The van der Waals surface area contributed by atoms with Gasteiger partial charge in [0.1, 0.15) is 11.3 Å². The van der Waals surface area contributed by atoms with Crippen molar-refractivity contribution < 1.29 is 18.5 Å². The van der Waals surface area contributed by atoms with Crippen LogP contribution in [0.1, 0.15) is 28.0 Å². The predicted octanol–water partition coefficient (Wildman–Crippen LogP) is 2.61. The molecule has 0 aliphatic heterocycles. The first-order valence-corrected chi connectivity index (χ1v) is 4.36. The number of hydrogen-bond acceptors (Lipinski definition) is 4. The minimum absolute atomic E-state index is 0.193. The third kappa shape index (κ3) is 2.13. The van der Waals surface area contributed by atoms with Gasteiger partial charge in [0.25, 0.3) is 17.4 Å². The van der Waals surface area contributed by atoms with E-state index in [1.54, 1.807) is 0 Å². The van der Waals surface area contributed by atoms with Crippen molar-refractivity contribution in [1.29, 1.82) is 0 Å². The number of alkyl halides is 2. The number of halogens is 3. The van der Waals surface area contributed by atoms with Crippen molar-refractivity contribution in [2.24, 2.45) is 0 Å². The summed E-state index contributed by atoms with van der Waals surface area (Å²) in [6.07, 6.45) is -2.36. The van der Waals surface area contributed by atoms with Crippen LogP contribution in [0, 0.1) is 17.0 Å². The van der Waals surface area contributed by atoms with Crippen LogP contribution in [0.15, 0.2) is 6.20 Å². The van der Waals surface area contributed by atoms with Gasteiger partial charge in [-0.25, -0.2) is 8.78 Å². The number of carbonyl (C=O) groups is 1. The van der Waals surface area contributed by atoms with E-state index in [0.29, 0.717) is 0 Å². The number of carbonyl (C=O) groups excluding carboxylic acids is 1. The van der Waals surface area contributed by atoms with Crippen LogP contribution in [0.5, 0.6) is 0 Å². The highest BCUT2D eigenvalue weighted by Gasteiger charge is 2.30. The van der Waals surface area contributed by atoms with E-state index in [0.717, 1.165) is 6.20 Å². The summed E-state index contributed by atoms with van der Waals surface area (Å²) in [5, 5.41) is 9.40. The lowest BCUT2D eigenvalue weighted by atomic mass is 10.1. The quantitative estimate of drug-likeness (QED) is 0.469. The summed E-state index contributed by atoms with van der Waals surface area (Å²) in [5.74, 6) is 0. The third-order valence-electron chi connectivity index (χ3n) is 1.89. The molecule has 0 bridgehead atoms. The number of aryl methyl sites for hydroxylation is 1. The highest BCUT2D eigenvalue weighted by molar-refractivity contribution is 6.68. The summed E-state index contributed by atoms with van der Waals surface area (Å²) >= 11 is 5.05. The molecule has 0 unspecified atom stereocenters. The third-order valence-corrected chi connectivity index (χ3v) is 2.09. The zero-order valence-corrected chi connectivity index (χ0v) is 8.66. The van der Waals surface area contributed by atoms with E-state index in [4.69, 9.17) is 11.6 Å². The van der Waals surface area contributed by atoms with Gasteiger partial charge in [-0.3, -0.25) is 19.9 Å². The molecule has 86 valence electrons. The average molecular weight is 251 g/mol. The van der Waals surface area contributed by atoms with Gasteiger partial charge in [-0.2, -0.15) is 0 Å². The normalized spacial score (nSPS) is 10.6. The smallest absolute Gasteiger partial charge is 0.276 e. The Labute approximate surface area is 93.2 Å². The van der Waals surface area contributed by atoms with E-state index in [1.807, 2.05) is 0 Å². The lowest BCUT2D eigenvalue weighted by molar-refractivity contribution is -0.387. The second kappa shape index (κ2) is 4.48. The van der Waals surface area contributed by atoms with Crippen molar-refractivity contribution in [2.75, 3.05) is 0 Å². The number of hydrogen-bond donors (Lipinski definition) is 0. The van der Waals surface area contributed by atoms with E-state index >= 15 is 0 Å². The van der Waals surface area contributed by atoms with Crippen molar-refractivity contribution in [2.45, 2.75) is 13.3 Å². The van der Waals surface area contributed by atoms with E-state index in [1.165, 1.54) is 6.92 Å². The SMILES string of the molecule is Cc1ncc(C(=O)Cl)c(C(F)F)c1[N+](=O)[O-]. The van der Waals surface area contributed by atoms with Crippen LogP contribution in [0.3, 0.4) is 0 Å². The van der Waals surface area contributed by atoms with Crippen LogP contribution >= 0.6 is 11.6 Å². The maximum absolute atomic E-state index is 12.6. The van der Waals surface area contributed by atoms with Crippen LogP contribution in [0.4, 0.5) is 14.5 Å². The molecule has 1 rings (SSSR count). The first-order chi connectivity index (χ1) is 7.36. The molecule has 5 nitrogen and oxygen atoms in total. The van der Waals surface area contributed by atoms with Crippen molar-refractivity contribution >= 4 is 22.5 Å². The molecule has 0 amide bonds. The molecular formula is C8H5ClF2N2O3. The Kier molecular flexibility index (Phi) is 3.48. The van der Waals surface area contributed by atoms with E-state index in [2.05, 4.69) is 4.98 Å². The molecule has 8 heteroatoms. The maximum Gasteiger partial charge on any atom is 0.300 e. The van der Waals surface area contributed by atoms with Crippen molar-refractivity contribution in [1.82, 2.24) is 4.98 Å². The average Bonchev–Trinajstić information content (AvgIpc) is 2.15. The molecule has 0 aromatic carbocycles. The summed E-state index contributed by atoms with van der Waals surface area (Å²) in [5.41, 5.74) is -2.70. The fraction of sp³-hybridized carbons (Fsp3) is 0.250. The molecule has 0 N–H and O–H groups in total. The molecule has 1 heterocycles. The summed E-state index contributed by atoms with van der Waals surface area (Å²) < 4.78 is 25.3. The summed E-state index contributed by atoms with van der Waals surface area (Å²) in [6, 6.07) is 0. The molecule has 0 aliphatic rings. The van der Waals surface area contributed by atoms with Crippen LogP contribution in [-0.2, 0) is 0 Å². The van der Waals surface area contributed by atoms with Gasteiger partial charge in [-0.15, -0.1) is 0 Å². The second-order valence-corrected chi connectivity index (χ2v) is 3.19. The van der Waals surface area contributed by atoms with Crippen LogP contribution in [-0.4, -0.2) is 15.1 Å². The zero-order valence-electron chi connectivity index (χ0n) is 7.91. The van der Waals surface area contributed by atoms with Gasteiger partial charge in [0, 0.05) is 6.20 Å². The van der Waals surface area contributed by atoms with Crippen LogP contribution in [0.25, 0.3) is 0 Å². The fourth-order valence-electron chi connectivity index (χ4n) is 1.22. The Morgan fingerprint density at radius 1 is 1.62 bits per heavy atom. The molecule has 1 aromatic rings. The molecule has 0 fully saturated rings. The Balaban J connectivity index is 3.63. The van der Waals surface area contributed by atoms with Crippen LogP contribution < -0.4 is 0 Å². The molecule has 1 aromatic heterocycles. The van der Waals surface area contributed by atoms with E-state index in [-0.39, 0.29) is 5.69 Å². The molecule has 0 saturated heterocycles. The minimum Gasteiger partial charge on any atom is -0.276 e. The fourth-order valence-corrected chi connectivity index (χ4v) is 1.37. The highest BCUT2D eigenvalue weighted by atomic mass is 35.5. The van der Waals surface area contributed by atoms with Gasteiger partial charge in [-0.05, 0) is 18.5 Å². The lowest BCUT2D eigenvalue weighted by Gasteiger charge is -2.07. The molecule has 0 saturated carbocycles. The Morgan fingerprint density at radius 2 is 2.19 bits per heavy atom. The summed E-state index contributed by atoms with van der Waals surface area (Å²) in [4.78, 5) is 23.9. The van der Waals surface area contributed by atoms with Gasteiger partial charge >= 0.3 is 0 Å². The van der Waals surface area contributed by atoms with Crippen LogP contribution in [0.2, 0.25) is 0 Å². The van der Waals surface area contributed by atoms with Crippen molar-refractivity contribution in [3.05, 3.63) is 33.1 Å². The lowest BCUT2D eigenvalue weighted by Crippen LogP contribution is -2.07. The van der Waals surface area contributed by atoms with Gasteiger partial charge in [0.15, 0.2) is 0 Å². The molecule has 0 atom stereocenters. The number of rotatable bonds is 3. The Morgan fingerprint density at radius 3 is 2.56 bits per heavy atom. The highest BCUT2D eigenvalue weighted by Crippen LogP contribution is 2.34. The molecular weight excluding hydrogens is 246 g/mol. The molecule has 0 spiro atoms. The first kappa shape index (κ1) is 12.4. The van der Waals surface area contributed by atoms with E-state index in [9.17, 15) is 23.7 Å². The van der Waals surface area contributed by atoms with Gasteiger partial charge in [0.2, 0.25) is 0 Å². The van der Waals surface area contributed by atoms with Crippen molar-refractivity contribution in [3.63, 3.8) is 0 Å². The predicted molar refractivity (Wildman–Crippen MR) is 50.8 cm³/mol. The van der Waals surface area contributed by atoms with Gasteiger partial charge in [0.05, 0.1) is 10.5 Å². The molecule has 16 heavy (non-hydrogen) atoms. The molecule has 0 aliphatic carbocycles. The summed E-state index contributed by atoms with van der Waals surface area (Å²) in [7, 11) is 0. The van der Waals surface area contributed by atoms with Gasteiger partial charge in [-0.1, -0.05) is 0 Å². The number of pyridine rings is 1. The topological polar surface area (TPSA) is 73.1 Å². The number of aromatic nitrogens is 1. The summed E-state index contributed by atoms with van der Waals surface area (Å²) in [6.45, 7) is 1.20.